The van der Waals surface area contributed by atoms with E-state index in [-0.39, 0.29) is 11.9 Å². The summed E-state index contributed by atoms with van der Waals surface area (Å²) in [6.07, 6.45) is 2.14. The van der Waals surface area contributed by atoms with Crippen LogP contribution in [0.3, 0.4) is 0 Å². The summed E-state index contributed by atoms with van der Waals surface area (Å²) in [5.74, 6) is 0.343. The molecule has 0 rings (SSSR count). The van der Waals surface area contributed by atoms with Crippen molar-refractivity contribution in [1.29, 1.82) is 0 Å². The van der Waals surface area contributed by atoms with Crippen LogP contribution in [0.1, 0.15) is 47.5 Å². The van der Waals surface area contributed by atoms with Crippen molar-refractivity contribution in [3.8, 4) is 0 Å². The number of carbonyl (C=O) groups excluding carboxylic acids is 1. The lowest BCUT2D eigenvalue weighted by molar-refractivity contribution is -0.123. The molecule has 1 atom stereocenters. The van der Waals surface area contributed by atoms with Crippen molar-refractivity contribution in [2.75, 3.05) is 6.54 Å². The van der Waals surface area contributed by atoms with Gasteiger partial charge in [0.25, 0.3) is 0 Å². The van der Waals surface area contributed by atoms with Gasteiger partial charge in [0.1, 0.15) is 0 Å². The second-order valence-corrected chi connectivity index (χ2v) is 4.64. The predicted octanol–water partition coefficient (Wildman–Crippen LogP) is 2.01. The molecule has 0 saturated heterocycles. The molecule has 0 aliphatic rings. The van der Waals surface area contributed by atoms with Crippen LogP contribution in [-0.2, 0) is 4.79 Å². The first-order chi connectivity index (χ1) is 6.93. The van der Waals surface area contributed by atoms with Gasteiger partial charge in [-0.1, -0.05) is 27.7 Å². The van der Waals surface area contributed by atoms with Gasteiger partial charge < -0.3 is 5.73 Å². The number of amides is 1. The third-order valence-corrected chi connectivity index (χ3v) is 2.90. The second-order valence-electron chi connectivity index (χ2n) is 4.64. The Balaban J connectivity index is 4.61. The number of hydrogen-bond donors (Lipinski definition) is 1. The predicted molar refractivity (Wildman–Crippen MR) is 64.6 cm³/mol. The molecular formula is C12H26N2O. The molecule has 0 radical (unpaired) electrons. The van der Waals surface area contributed by atoms with E-state index >= 15 is 0 Å². The molecule has 15 heavy (non-hydrogen) atoms. The van der Waals surface area contributed by atoms with Crippen molar-refractivity contribution >= 4 is 5.91 Å². The lowest BCUT2D eigenvalue weighted by Crippen LogP contribution is -2.49. The summed E-state index contributed by atoms with van der Waals surface area (Å²) in [4.78, 5) is 13.5. The van der Waals surface area contributed by atoms with Crippen molar-refractivity contribution in [2.24, 2.45) is 11.7 Å². The Kier molecular flexibility index (Phi) is 6.57. The Labute approximate surface area is 94.0 Å². The third kappa shape index (κ3) is 4.65. The van der Waals surface area contributed by atoms with Crippen LogP contribution in [-0.4, -0.2) is 29.4 Å². The second kappa shape index (κ2) is 6.83. The molecule has 0 saturated carbocycles. The fraction of sp³-hybridized carbons (Fsp3) is 0.917. The quantitative estimate of drug-likeness (QED) is 0.704. The fourth-order valence-electron chi connectivity index (χ4n) is 1.97. The molecular weight excluding hydrogens is 188 g/mol. The molecule has 3 heteroatoms. The molecule has 0 aromatic carbocycles. The topological polar surface area (TPSA) is 46.3 Å². The van der Waals surface area contributed by atoms with Gasteiger partial charge in [0, 0.05) is 12.6 Å². The molecule has 0 aromatic heterocycles. The van der Waals surface area contributed by atoms with Gasteiger partial charge in [-0.05, 0) is 25.7 Å². The van der Waals surface area contributed by atoms with Gasteiger partial charge in [-0.15, -0.1) is 0 Å². The molecule has 90 valence electrons. The highest BCUT2D eigenvalue weighted by atomic mass is 16.1. The molecule has 0 heterocycles. The molecule has 0 aliphatic heterocycles. The van der Waals surface area contributed by atoms with Crippen molar-refractivity contribution in [2.45, 2.75) is 59.5 Å². The van der Waals surface area contributed by atoms with E-state index in [0.717, 1.165) is 19.4 Å². The van der Waals surface area contributed by atoms with E-state index in [1.807, 2.05) is 6.92 Å². The minimum atomic E-state index is -0.220. The van der Waals surface area contributed by atoms with E-state index in [1.54, 1.807) is 0 Å². The first-order valence-corrected chi connectivity index (χ1v) is 5.99. The van der Waals surface area contributed by atoms with E-state index in [4.69, 9.17) is 5.73 Å². The van der Waals surface area contributed by atoms with Gasteiger partial charge >= 0.3 is 0 Å². The summed E-state index contributed by atoms with van der Waals surface area (Å²) in [6, 6.07) is 0.312. The third-order valence-electron chi connectivity index (χ3n) is 2.90. The van der Waals surface area contributed by atoms with Gasteiger partial charge in [-0.25, -0.2) is 0 Å². The van der Waals surface area contributed by atoms with Gasteiger partial charge in [0.2, 0.25) is 5.91 Å². The Morgan fingerprint density at radius 1 is 1.20 bits per heavy atom. The highest BCUT2D eigenvalue weighted by molar-refractivity contribution is 5.79. The minimum absolute atomic E-state index is 0.155. The fourth-order valence-corrected chi connectivity index (χ4v) is 1.97. The zero-order valence-corrected chi connectivity index (χ0v) is 10.8. The van der Waals surface area contributed by atoms with E-state index < -0.39 is 0 Å². The summed E-state index contributed by atoms with van der Waals surface area (Å²) in [5, 5.41) is 0. The number of primary amides is 1. The van der Waals surface area contributed by atoms with Crippen LogP contribution in [0.4, 0.5) is 0 Å². The maximum absolute atomic E-state index is 11.2. The monoisotopic (exact) mass is 214 g/mol. The normalized spacial score (nSPS) is 13.9. The maximum atomic E-state index is 11.2. The minimum Gasteiger partial charge on any atom is -0.368 e. The Morgan fingerprint density at radius 2 is 1.67 bits per heavy atom. The van der Waals surface area contributed by atoms with Crippen LogP contribution >= 0.6 is 0 Å². The van der Waals surface area contributed by atoms with Crippen LogP contribution in [0, 0.1) is 5.92 Å². The van der Waals surface area contributed by atoms with Crippen molar-refractivity contribution in [3.63, 3.8) is 0 Å². The Bertz CT molecular complexity index is 188. The summed E-state index contributed by atoms with van der Waals surface area (Å²) in [5.41, 5.74) is 5.38. The SMILES string of the molecule is CCC(CC)N(CC(C)C)C(C)C(N)=O. The number of carbonyl (C=O) groups is 1. The average molecular weight is 214 g/mol. The van der Waals surface area contributed by atoms with Crippen LogP contribution in [0.25, 0.3) is 0 Å². The summed E-state index contributed by atoms with van der Waals surface area (Å²) in [7, 11) is 0. The van der Waals surface area contributed by atoms with Crippen LogP contribution in [0.5, 0.6) is 0 Å². The number of hydrogen-bond acceptors (Lipinski definition) is 2. The van der Waals surface area contributed by atoms with E-state index in [0.29, 0.717) is 12.0 Å². The molecule has 1 amide bonds. The zero-order valence-electron chi connectivity index (χ0n) is 10.8. The first-order valence-electron chi connectivity index (χ1n) is 5.99. The van der Waals surface area contributed by atoms with Gasteiger partial charge in [0.15, 0.2) is 0 Å². The summed E-state index contributed by atoms with van der Waals surface area (Å²) >= 11 is 0. The number of nitrogens with two attached hydrogens (primary N) is 1. The number of rotatable bonds is 7. The molecule has 0 aromatic rings. The molecule has 3 nitrogen and oxygen atoms in total. The maximum Gasteiger partial charge on any atom is 0.234 e. The van der Waals surface area contributed by atoms with Gasteiger partial charge in [0.05, 0.1) is 6.04 Å². The Morgan fingerprint density at radius 3 is 1.93 bits per heavy atom. The smallest absolute Gasteiger partial charge is 0.234 e. The number of nitrogens with zero attached hydrogens (tertiary/aromatic N) is 1. The Hall–Kier alpha value is -0.570. The van der Waals surface area contributed by atoms with E-state index in [1.165, 1.54) is 0 Å². The van der Waals surface area contributed by atoms with E-state index in [2.05, 4.69) is 32.6 Å². The van der Waals surface area contributed by atoms with Crippen LogP contribution < -0.4 is 5.73 Å². The molecule has 0 spiro atoms. The summed E-state index contributed by atoms with van der Waals surface area (Å²) in [6.45, 7) is 11.5. The molecule has 2 N–H and O–H groups in total. The molecule has 1 unspecified atom stereocenters. The van der Waals surface area contributed by atoms with Crippen LogP contribution in [0.15, 0.2) is 0 Å². The molecule has 0 bridgehead atoms. The summed E-state index contributed by atoms with van der Waals surface area (Å²) < 4.78 is 0. The van der Waals surface area contributed by atoms with Crippen molar-refractivity contribution < 1.29 is 4.79 Å². The highest BCUT2D eigenvalue weighted by Crippen LogP contribution is 2.14. The lowest BCUT2D eigenvalue weighted by atomic mass is 10.0. The largest absolute Gasteiger partial charge is 0.368 e. The van der Waals surface area contributed by atoms with Crippen molar-refractivity contribution in [1.82, 2.24) is 4.90 Å². The van der Waals surface area contributed by atoms with Gasteiger partial charge in [-0.3, -0.25) is 9.69 Å². The molecule has 0 fully saturated rings. The first kappa shape index (κ1) is 14.4. The zero-order chi connectivity index (χ0) is 12.0. The molecule has 0 aliphatic carbocycles. The van der Waals surface area contributed by atoms with E-state index in [9.17, 15) is 4.79 Å². The van der Waals surface area contributed by atoms with Crippen LogP contribution in [0.2, 0.25) is 0 Å². The standard InChI is InChI=1S/C12H26N2O/c1-6-11(7-2)14(8-9(3)4)10(5)12(13)15/h9-11H,6-8H2,1-5H3,(H2,13,15). The van der Waals surface area contributed by atoms with Gasteiger partial charge in [-0.2, -0.15) is 0 Å². The van der Waals surface area contributed by atoms with Crippen molar-refractivity contribution in [3.05, 3.63) is 0 Å². The highest BCUT2D eigenvalue weighted by Gasteiger charge is 2.24. The lowest BCUT2D eigenvalue weighted by Gasteiger charge is -2.35. The average Bonchev–Trinajstić information content (AvgIpc) is 2.16.